The van der Waals surface area contributed by atoms with Gasteiger partial charge in [0.1, 0.15) is 5.82 Å². The maximum absolute atomic E-state index is 13.2. The number of rotatable bonds is 6. The monoisotopic (exact) mass is 409 g/mol. The van der Waals surface area contributed by atoms with E-state index >= 15 is 0 Å². The molecule has 2 amide bonds. The van der Waals surface area contributed by atoms with E-state index in [0.29, 0.717) is 18.7 Å². The number of carbonyl (C=O) groups excluding carboxylic acids is 2. The van der Waals surface area contributed by atoms with E-state index in [1.807, 2.05) is 4.90 Å². The molecule has 0 radical (unpaired) electrons. The fraction of sp³-hybridized carbons (Fsp3) is 0.333. The lowest BCUT2D eigenvalue weighted by Gasteiger charge is -2.35. The van der Waals surface area contributed by atoms with E-state index in [0.717, 1.165) is 19.6 Å². The molecule has 30 heavy (non-hydrogen) atoms. The number of likely N-dealkylation sites (N-methyl/N-ethyl adjacent to an activating group) is 1. The van der Waals surface area contributed by atoms with Gasteiger partial charge in [0.15, 0.2) is 0 Å². The molecule has 5 nitrogen and oxygen atoms in total. The van der Waals surface area contributed by atoms with Crippen molar-refractivity contribution in [2.75, 3.05) is 39.8 Å². The van der Waals surface area contributed by atoms with E-state index < -0.39 is 0 Å². The number of carbonyl (C=O) groups is 2. The van der Waals surface area contributed by atoms with Gasteiger partial charge in [-0.1, -0.05) is 42.0 Å². The highest BCUT2D eigenvalue weighted by Crippen LogP contribution is 2.11. The first kappa shape index (κ1) is 21.7. The molecule has 0 N–H and O–H groups in total. The second-order valence-corrected chi connectivity index (χ2v) is 7.73. The predicted octanol–water partition coefficient (Wildman–Crippen LogP) is 2.95. The topological polar surface area (TPSA) is 43.9 Å². The van der Waals surface area contributed by atoms with Crippen LogP contribution in [0.15, 0.2) is 54.6 Å². The highest BCUT2D eigenvalue weighted by molar-refractivity contribution is 5.94. The van der Waals surface area contributed by atoms with Crippen LogP contribution >= 0.6 is 0 Å². The van der Waals surface area contributed by atoms with Crippen molar-refractivity contribution in [3.05, 3.63) is 77.1 Å². The molecule has 0 aromatic heterocycles. The molecule has 1 aliphatic rings. The zero-order valence-electron chi connectivity index (χ0n) is 17.6. The van der Waals surface area contributed by atoms with Gasteiger partial charge < -0.3 is 9.80 Å². The average molecular weight is 410 g/mol. The number of hydrogen-bond donors (Lipinski definition) is 0. The van der Waals surface area contributed by atoms with Gasteiger partial charge >= 0.3 is 0 Å². The quantitative estimate of drug-likeness (QED) is 0.689. The summed E-state index contributed by atoms with van der Waals surface area (Å²) in [6, 6.07) is 14.5. The van der Waals surface area contributed by atoms with Gasteiger partial charge in [0, 0.05) is 45.8 Å². The number of amides is 2. The minimum Gasteiger partial charge on any atom is -0.339 e. The summed E-state index contributed by atoms with van der Waals surface area (Å²) in [6.07, 6.45) is 2.91. The Hall–Kier alpha value is -2.99. The van der Waals surface area contributed by atoms with Gasteiger partial charge in [-0.05, 0) is 36.3 Å². The molecule has 1 fully saturated rings. The largest absolute Gasteiger partial charge is 0.339 e. The van der Waals surface area contributed by atoms with Crippen molar-refractivity contribution in [3.8, 4) is 0 Å². The number of aryl methyl sites for hydroxylation is 1. The molecule has 0 unspecified atom stereocenters. The standard InChI is InChI=1S/C24H28FN3O2/c1-19-5-3-7-21(15-19)17-27-11-13-28(14-12-27)24(30)18-26(2)23(29)10-9-20-6-4-8-22(25)16-20/h3-10,15-16H,11-14,17-18H2,1-2H3/b10-9+. The number of hydrogen-bond acceptors (Lipinski definition) is 3. The van der Waals surface area contributed by atoms with E-state index in [1.54, 1.807) is 25.3 Å². The number of benzene rings is 2. The molecule has 0 saturated carbocycles. The minimum atomic E-state index is -0.352. The minimum absolute atomic E-state index is 0.0319. The Labute approximate surface area is 177 Å². The Morgan fingerprint density at radius 3 is 2.50 bits per heavy atom. The van der Waals surface area contributed by atoms with Crippen LogP contribution in [0.3, 0.4) is 0 Å². The van der Waals surface area contributed by atoms with E-state index in [-0.39, 0.29) is 24.2 Å². The fourth-order valence-electron chi connectivity index (χ4n) is 3.51. The van der Waals surface area contributed by atoms with Crippen LogP contribution in [0.1, 0.15) is 16.7 Å². The van der Waals surface area contributed by atoms with Crippen LogP contribution < -0.4 is 0 Å². The summed E-state index contributed by atoms with van der Waals surface area (Å²) in [4.78, 5) is 30.4. The van der Waals surface area contributed by atoms with Crippen LogP contribution in [0.4, 0.5) is 4.39 Å². The van der Waals surface area contributed by atoms with Crippen molar-refractivity contribution < 1.29 is 14.0 Å². The maximum Gasteiger partial charge on any atom is 0.246 e. The molecular formula is C24H28FN3O2. The first-order valence-electron chi connectivity index (χ1n) is 10.1. The van der Waals surface area contributed by atoms with Crippen molar-refractivity contribution in [3.63, 3.8) is 0 Å². The summed E-state index contributed by atoms with van der Waals surface area (Å²) in [6.45, 7) is 5.95. The van der Waals surface area contributed by atoms with E-state index in [9.17, 15) is 14.0 Å². The number of halogens is 1. The van der Waals surface area contributed by atoms with Gasteiger partial charge in [0.05, 0.1) is 6.54 Å². The van der Waals surface area contributed by atoms with Crippen LogP contribution in [-0.4, -0.2) is 66.3 Å². The average Bonchev–Trinajstić information content (AvgIpc) is 2.72. The van der Waals surface area contributed by atoms with Crippen molar-refractivity contribution in [1.29, 1.82) is 0 Å². The molecule has 6 heteroatoms. The second-order valence-electron chi connectivity index (χ2n) is 7.73. The normalized spacial score (nSPS) is 14.8. The molecule has 2 aromatic rings. The third kappa shape index (κ3) is 6.26. The van der Waals surface area contributed by atoms with Gasteiger partial charge in [-0.25, -0.2) is 4.39 Å². The summed E-state index contributed by atoms with van der Waals surface area (Å²) < 4.78 is 13.2. The predicted molar refractivity (Wildman–Crippen MR) is 116 cm³/mol. The fourth-order valence-corrected chi connectivity index (χ4v) is 3.51. The molecule has 2 aromatic carbocycles. The maximum atomic E-state index is 13.2. The lowest BCUT2D eigenvalue weighted by atomic mass is 10.1. The first-order chi connectivity index (χ1) is 14.4. The van der Waals surface area contributed by atoms with E-state index in [2.05, 4.69) is 36.1 Å². The van der Waals surface area contributed by atoms with Crippen LogP contribution in [0, 0.1) is 12.7 Å². The van der Waals surface area contributed by atoms with Gasteiger partial charge in [0.2, 0.25) is 11.8 Å². The van der Waals surface area contributed by atoms with E-state index in [1.165, 1.54) is 34.2 Å². The molecule has 0 spiro atoms. The van der Waals surface area contributed by atoms with Crippen LogP contribution in [0.5, 0.6) is 0 Å². The van der Waals surface area contributed by atoms with Gasteiger partial charge in [-0.3, -0.25) is 14.5 Å². The SMILES string of the molecule is Cc1cccc(CN2CCN(C(=O)CN(C)C(=O)/C=C/c3cccc(F)c3)CC2)c1. The lowest BCUT2D eigenvalue weighted by Crippen LogP contribution is -2.51. The molecule has 0 atom stereocenters. The summed E-state index contributed by atoms with van der Waals surface area (Å²) >= 11 is 0. The lowest BCUT2D eigenvalue weighted by molar-refractivity contribution is -0.138. The van der Waals surface area contributed by atoms with Crippen LogP contribution in [-0.2, 0) is 16.1 Å². The van der Waals surface area contributed by atoms with Crippen molar-refractivity contribution in [2.45, 2.75) is 13.5 Å². The molecule has 3 rings (SSSR count). The zero-order chi connectivity index (χ0) is 21.5. The molecule has 0 aliphatic carbocycles. The Kier molecular flexibility index (Phi) is 7.36. The summed E-state index contributed by atoms with van der Waals surface area (Å²) in [7, 11) is 1.60. The van der Waals surface area contributed by atoms with Gasteiger partial charge in [0.25, 0.3) is 0 Å². The molecule has 1 aliphatic heterocycles. The third-order valence-corrected chi connectivity index (χ3v) is 5.23. The number of piperazine rings is 1. The van der Waals surface area contributed by atoms with Gasteiger partial charge in [-0.2, -0.15) is 0 Å². The van der Waals surface area contributed by atoms with E-state index in [4.69, 9.17) is 0 Å². The van der Waals surface area contributed by atoms with Crippen LogP contribution in [0.25, 0.3) is 6.08 Å². The Balaban J connectivity index is 1.45. The highest BCUT2D eigenvalue weighted by Gasteiger charge is 2.22. The molecule has 0 bridgehead atoms. The Morgan fingerprint density at radius 2 is 1.80 bits per heavy atom. The smallest absolute Gasteiger partial charge is 0.246 e. The Morgan fingerprint density at radius 1 is 1.07 bits per heavy atom. The Bertz CT molecular complexity index is 920. The van der Waals surface area contributed by atoms with Crippen molar-refractivity contribution in [1.82, 2.24) is 14.7 Å². The summed E-state index contributed by atoms with van der Waals surface area (Å²) in [5, 5.41) is 0. The van der Waals surface area contributed by atoms with Crippen molar-refractivity contribution in [2.24, 2.45) is 0 Å². The summed E-state index contributed by atoms with van der Waals surface area (Å²) in [5.41, 5.74) is 3.14. The van der Waals surface area contributed by atoms with Gasteiger partial charge in [-0.15, -0.1) is 0 Å². The zero-order valence-corrected chi connectivity index (χ0v) is 17.6. The summed E-state index contributed by atoms with van der Waals surface area (Å²) in [5.74, 6) is -0.694. The first-order valence-corrected chi connectivity index (χ1v) is 10.1. The number of nitrogens with zero attached hydrogens (tertiary/aromatic N) is 3. The molecule has 1 heterocycles. The molecule has 1 saturated heterocycles. The second kappa shape index (κ2) is 10.2. The van der Waals surface area contributed by atoms with Crippen LogP contribution in [0.2, 0.25) is 0 Å². The molecule has 158 valence electrons. The molecular weight excluding hydrogens is 381 g/mol. The third-order valence-electron chi connectivity index (χ3n) is 5.23. The van der Waals surface area contributed by atoms with Crippen molar-refractivity contribution >= 4 is 17.9 Å². The highest BCUT2D eigenvalue weighted by atomic mass is 19.1.